The van der Waals surface area contributed by atoms with E-state index in [4.69, 9.17) is 0 Å². The summed E-state index contributed by atoms with van der Waals surface area (Å²) in [5.74, 6) is 0.502. The number of pyridine rings is 1. The minimum absolute atomic E-state index is 0.147. The van der Waals surface area contributed by atoms with Gasteiger partial charge in [0.25, 0.3) is 0 Å². The molecule has 0 bridgehead atoms. The number of nitrogens with one attached hydrogen (secondary N) is 2. The van der Waals surface area contributed by atoms with E-state index in [0.29, 0.717) is 6.54 Å². The van der Waals surface area contributed by atoms with Gasteiger partial charge in [0.05, 0.1) is 5.56 Å². The van der Waals surface area contributed by atoms with Gasteiger partial charge in [0, 0.05) is 13.6 Å². The summed E-state index contributed by atoms with van der Waals surface area (Å²) in [7, 11) is 1.56. The van der Waals surface area contributed by atoms with Crippen LogP contribution in [0.15, 0.2) is 12.1 Å². The summed E-state index contributed by atoms with van der Waals surface area (Å²) in [5, 5.41) is 5.77. The Morgan fingerprint density at radius 1 is 1.14 bits per heavy atom. The molecular formula is C15H22F3N3. The van der Waals surface area contributed by atoms with Crippen molar-refractivity contribution in [3.63, 3.8) is 0 Å². The van der Waals surface area contributed by atoms with Crippen molar-refractivity contribution >= 4 is 11.6 Å². The molecule has 2 N–H and O–H groups in total. The first-order valence-corrected chi connectivity index (χ1v) is 7.33. The first kappa shape index (κ1) is 15.9. The average Bonchev–Trinajstić information content (AvgIpc) is 2.45. The van der Waals surface area contributed by atoms with Crippen LogP contribution < -0.4 is 10.6 Å². The fraction of sp³-hybridized carbons (Fsp3) is 0.667. The maximum absolute atomic E-state index is 12.9. The molecular weight excluding hydrogens is 279 g/mol. The molecule has 1 saturated carbocycles. The summed E-state index contributed by atoms with van der Waals surface area (Å²) in [5.41, 5.74) is -0.535. The SMILES string of the molecule is CNc1cc(C(F)(F)F)cc(NCC2(C)CCCCC2)n1. The molecule has 1 aliphatic carbocycles. The van der Waals surface area contributed by atoms with Crippen LogP contribution in [0.1, 0.15) is 44.6 Å². The highest BCUT2D eigenvalue weighted by molar-refractivity contribution is 5.49. The molecule has 1 fully saturated rings. The molecule has 0 aliphatic heterocycles. The van der Waals surface area contributed by atoms with Gasteiger partial charge in [0.15, 0.2) is 0 Å². The molecule has 0 radical (unpaired) electrons. The number of aromatic nitrogens is 1. The van der Waals surface area contributed by atoms with Gasteiger partial charge in [-0.05, 0) is 30.4 Å². The molecule has 1 aliphatic rings. The lowest BCUT2D eigenvalue weighted by Gasteiger charge is -2.33. The van der Waals surface area contributed by atoms with Gasteiger partial charge in [-0.2, -0.15) is 13.2 Å². The Balaban J connectivity index is 2.12. The van der Waals surface area contributed by atoms with E-state index in [1.54, 1.807) is 7.05 Å². The molecule has 1 aromatic rings. The molecule has 3 nitrogen and oxygen atoms in total. The van der Waals surface area contributed by atoms with E-state index in [1.165, 1.54) is 19.3 Å². The van der Waals surface area contributed by atoms with Crippen LogP contribution in [0.3, 0.4) is 0 Å². The van der Waals surface area contributed by atoms with Crippen molar-refractivity contribution in [3.8, 4) is 0 Å². The smallest absolute Gasteiger partial charge is 0.373 e. The predicted octanol–water partition coefficient (Wildman–Crippen LogP) is 4.52. The fourth-order valence-electron chi connectivity index (χ4n) is 2.80. The third-order valence-corrected chi connectivity index (χ3v) is 4.17. The molecule has 0 atom stereocenters. The van der Waals surface area contributed by atoms with Crippen LogP contribution in [0.2, 0.25) is 0 Å². The number of hydrogen-bond acceptors (Lipinski definition) is 3. The second kappa shape index (κ2) is 6.12. The van der Waals surface area contributed by atoms with Crippen LogP contribution in [0.25, 0.3) is 0 Å². The monoisotopic (exact) mass is 301 g/mol. The van der Waals surface area contributed by atoms with Gasteiger partial charge in [0.1, 0.15) is 11.6 Å². The zero-order chi connectivity index (χ0) is 15.5. The summed E-state index contributed by atoms with van der Waals surface area (Å²) >= 11 is 0. The topological polar surface area (TPSA) is 37.0 Å². The van der Waals surface area contributed by atoms with Gasteiger partial charge in [0.2, 0.25) is 0 Å². The van der Waals surface area contributed by atoms with Gasteiger partial charge in [-0.1, -0.05) is 26.2 Å². The highest BCUT2D eigenvalue weighted by Crippen LogP contribution is 2.36. The largest absolute Gasteiger partial charge is 0.416 e. The molecule has 0 aromatic carbocycles. The van der Waals surface area contributed by atoms with Gasteiger partial charge < -0.3 is 10.6 Å². The Hall–Kier alpha value is -1.46. The number of halogens is 3. The standard InChI is InChI=1S/C15H22F3N3/c1-14(6-4-3-5-7-14)10-20-13-9-11(15(16,17)18)8-12(19-2)21-13/h8-9H,3-7,10H2,1-2H3,(H2,19,20,21). The maximum atomic E-state index is 12.9. The van der Waals surface area contributed by atoms with Crippen molar-refractivity contribution in [2.45, 2.75) is 45.2 Å². The Kier molecular flexibility index (Phi) is 4.64. The van der Waals surface area contributed by atoms with Crippen LogP contribution in [0.4, 0.5) is 24.8 Å². The third kappa shape index (κ3) is 4.25. The Bertz CT molecular complexity index is 480. The van der Waals surface area contributed by atoms with E-state index in [-0.39, 0.29) is 17.1 Å². The summed E-state index contributed by atoms with van der Waals surface area (Å²) in [4.78, 5) is 4.16. The molecule has 21 heavy (non-hydrogen) atoms. The van der Waals surface area contributed by atoms with E-state index in [1.807, 2.05) is 0 Å². The summed E-state index contributed by atoms with van der Waals surface area (Å²) in [6.45, 7) is 2.84. The molecule has 118 valence electrons. The van der Waals surface area contributed by atoms with Crippen molar-refractivity contribution in [3.05, 3.63) is 17.7 Å². The highest BCUT2D eigenvalue weighted by atomic mass is 19.4. The van der Waals surface area contributed by atoms with Crippen molar-refractivity contribution < 1.29 is 13.2 Å². The van der Waals surface area contributed by atoms with E-state index >= 15 is 0 Å². The first-order chi connectivity index (χ1) is 9.82. The molecule has 1 aromatic heterocycles. The molecule has 0 amide bonds. The summed E-state index contributed by atoms with van der Waals surface area (Å²) in [6.07, 6.45) is 1.49. The van der Waals surface area contributed by atoms with E-state index in [0.717, 1.165) is 25.0 Å². The molecule has 6 heteroatoms. The second-order valence-electron chi connectivity index (χ2n) is 6.10. The fourth-order valence-corrected chi connectivity index (χ4v) is 2.80. The normalized spacial score (nSPS) is 18.3. The zero-order valence-electron chi connectivity index (χ0n) is 12.5. The summed E-state index contributed by atoms with van der Waals surface area (Å²) < 4.78 is 38.6. The van der Waals surface area contributed by atoms with E-state index in [9.17, 15) is 13.2 Å². The lowest BCUT2D eigenvalue weighted by Crippen LogP contribution is -2.29. The lowest BCUT2D eigenvalue weighted by atomic mass is 9.76. The van der Waals surface area contributed by atoms with Crippen LogP contribution >= 0.6 is 0 Å². The quantitative estimate of drug-likeness (QED) is 0.858. The van der Waals surface area contributed by atoms with Crippen LogP contribution in [-0.2, 0) is 6.18 Å². The van der Waals surface area contributed by atoms with E-state index in [2.05, 4.69) is 22.5 Å². The van der Waals surface area contributed by atoms with Gasteiger partial charge in [-0.3, -0.25) is 0 Å². The molecule has 1 heterocycles. The van der Waals surface area contributed by atoms with Gasteiger partial charge >= 0.3 is 6.18 Å². The molecule has 0 unspecified atom stereocenters. The Morgan fingerprint density at radius 3 is 2.33 bits per heavy atom. The van der Waals surface area contributed by atoms with E-state index < -0.39 is 11.7 Å². The lowest BCUT2D eigenvalue weighted by molar-refractivity contribution is -0.137. The summed E-state index contributed by atoms with van der Waals surface area (Å²) in [6, 6.07) is 2.10. The number of nitrogens with zero attached hydrogens (tertiary/aromatic N) is 1. The zero-order valence-corrected chi connectivity index (χ0v) is 12.5. The molecule has 2 rings (SSSR count). The first-order valence-electron chi connectivity index (χ1n) is 7.33. The predicted molar refractivity (Wildman–Crippen MR) is 78.5 cm³/mol. The maximum Gasteiger partial charge on any atom is 0.416 e. The van der Waals surface area contributed by atoms with Crippen molar-refractivity contribution in [1.29, 1.82) is 0 Å². The Morgan fingerprint density at radius 2 is 1.76 bits per heavy atom. The van der Waals surface area contributed by atoms with Crippen LogP contribution in [-0.4, -0.2) is 18.6 Å². The van der Waals surface area contributed by atoms with Crippen LogP contribution in [0.5, 0.6) is 0 Å². The minimum Gasteiger partial charge on any atom is -0.373 e. The highest BCUT2D eigenvalue weighted by Gasteiger charge is 2.32. The number of hydrogen-bond donors (Lipinski definition) is 2. The van der Waals surface area contributed by atoms with Crippen molar-refractivity contribution in [2.75, 3.05) is 24.2 Å². The van der Waals surface area contributed by atoms with Crippen molar-refractivity contribution in [1.82, 2.24) is 4.98 Å². The second-order valence-corrected chi connectivity index (χ2v) is 6.10. The number of rotatable bonds is 4. The average molecular weight is 301 g/mol. The minimum atomic E-state index is -4.36. The van der Waals surface area contributed by atoms with Gasteiger partial charge in [-0.25, -0.2) is 4.98 Å². The van der Waals surface area contributed by atoms with Crippen molar-refractivity contribution in [2.24, 2.45) is 5.41 Å². The molecule has 0 saturated heterocycles. The third-order valence-electron chi connectivity index (χ3n) is 4.17. The Labute approximate surface area is 123 Å². The number of alkyl halides is 3. The van der Waals surface area contributed by atoms with Crippen LogP contribution in [0, 0.1) is 5.41 Å². The number of anilines is 2. The molecule has 0 spiro atoms. The van der Waals surface area contributed by atoms with Gasteiger partial charge in [-0.15, -0.1) is 0 Å².